The zero-order valence-electron chi connectivity index (χ0n) is 10.1. The molecule has 0 spiro atoms. The van der Waals surface area contributed by atoms with Crippen molar-refractivity contribution in [3.05, 3.63) is 57.6 Å². The Bertz CT molecular complexity index is 595. The van der Waals surface area contributed by atoms with Crippen LogP contribution in [-0.4, -0.2) is 16.1 Å². The molecule has 18 heavy (non-hydrogen) atoms. The van der Waals surface area contributed by atoms with Gasteiger partial charge in [-0.2, -0.15) is 0 Å². The molecule has 0 unspecified atom stereocenters. The van der Waals surface area contributed by atoms with Gasteiger partial charge in [0.05, 0.1) is 17.3 Å². The van der Waals surface area contributed by atoms with Crippen LogP contribution < -0.4 is 10.9 Å². The molecule has 0 aliphatic carbocycles. The van der Waals surface area contributed by atoms with Crippen LogP contribution in [0.15, 0.2) is 41.3 Å². The third-order valence-corrected chi connectivity index (χ3v) is 2.84. The lowest BCUT2D eigenvalue weighted by atomic mass is 10.3. The van der Waals surface area contributed by atoms with Crippen molar-refractivity contribution in [1.29, 1.82) is 0 Å². The van der Waals surface area contributed by atoms with Crippen molar-refractivity contribution in [2.75, 3.05) is 11.9 Å². The highest BCUT2D eigenvalue weighted by atomic mass is 35.5. The first-order valence-electron chi connectivity index (χ1n) is 5.75. The Morgan fingerprint density at radius 3 is 2.89 bits per heavy atom. The Balaban J connectivity index is 2.31. The van der Waals surface area contributed by atoms with Gasteiger partial charge in [-0.1, -0.05) is 17.7 Å². The molecule has 0 aliphatic rings. The fourth-order valence-corrected chi connectivity index (χ4v) is 1.79. The van der Waals surface area contributed by atoms with Crippen LogP contribution in [0.4, 0.5) is 5.82 Å². The van der Waals surface area contributed by atoms with Crippen molar-refractivity contribution in [3.63, 3.8) is 0 Å². The molecule has 0 aromatic carbocycles. The summed E-state index contributed by atoms with van der Waals surface area (Å²) in [5, 5.41) is 3.68. The van der Waals surface area contributed by atoms with E-state index in [1.54, 1.807) is 22.9 Å². The number of nitrogens with one attached hydrogen (secondary N) is 1. The highest BCUT2D eigenvalue weighted by Crippen LogP contribution is 2.17. The molecule has 2 heterocycles. The van der Waals surface area contributed by atoms with Gasteiger partial charge in [0.15, 0.2) is 0 Å². The molecule has 1 N–H and O–H groups in total. The summed E-state index contributed by atoms with van der Waals surface area (Å²) in [4.78, 5) is 16.0. The van der Waals surface area contributed by atoms with Crippen molar-refractivity contribution in [2.24, 2.45) is 0 Å². The highest BCUT2D eigenvalue weighted by molar-refractivity contribution is 6.31. The molecule has 2 aromatic heterocycles. The van der Waals surface area contributed by atoms with Crippen LogP contribution in [0.1, 0.15) is 12.6 Å². The molecule has 0 bridgehead atoms. The second kappa shape index (κ2) is 5.69. The molecule has 0 fully saturated rings. The summed E-state index contributed by atoms with van der Waals surface area (Å²) >= 11 is 6.09. The largest absolute Gasteiger partial charge is 0.370 e. The number of nitrogens with zero attached hydrogens (tertiary/aromatic N) is 2. The topological polar surface area (TPSA) is 46.9 Å². The van der Waals surface area contributed by atoms with Gasteiger partial charge in [-0.05, 0) is 25.1 Å². The maximum atomic E-state index is 11.6. The predicted octanol–water partition coefficient (Wildman–Crippen LogP) is 2.38. The molecule has 0 radical (unpaired) electrons. The van der Waals surface area contributed by atoms with Crippen LogP contribution >= 0.6 is 11.6 Å². The zero-order chi connectivity index (χ0) is 13.0. The maximum absolute atomic E-state index is 11.6. The third kappa shape index (κ3) is 2.90. The Morgan fingerprint density at radius 1 is 1.33 bits per heavy atom. The predicted molar refractivity (Wildman–Crippen MR) is 73.2 cm³/mol. The van der Waals surface area contributed by atoms with Gasteiger partial charge in [0.1, 0.15) is 5.82 Å². The average Bonchev–Trinajstić information content (AvgIpc) is 2.36. The Morgan fingerprint density at radius 2 is 2.17 bits per heavy atom. The lowest BCUT2D eigenvalue weighted by Gasteiger charge is -2.09. The molecule has 0 atom stereocenters. The van der Waals surface area contributed by atoms with Crippen molar-refractivity contribution in [1.82, 2.24) is 9.55 Å². The van der Waals surface area contributed by atoms with Gasteiger partial charge in [-0.25, -0.2) is 4.98 Å². The van der Waals surface area contributed by atoms with Gasteiger partial charge in [0.25, 0.3) is 5.56 Å². The van der Waals surface area contributed by atoms with Gasteiger partial charge < -0.3 is 9.88 Å². The monoisotopic (exact) mass is 263 g/mol. The van der Waals surface area contributed by atoms with Crippen molar-refractivity contribution >= 4 is 17.4 Å². The summed E-state index contributed by atoms with van der Waals surface area (Å²) in [6.07, 6.45) is 1.72. The van der Waals surface area contributed by atoms with Gasteiger partial charge in [0, 0.05) is 18.8 Å². The van der Waals surface area contributed by atoms with Crippen LogP contribution in [0.25, 0.3) is 0 Å². The van der Waals surface area contributed by atoms with E-state index in [1.807, 2.05) is 19.1 Å². The molecule has 0 saturated carbocycles. The van der Waals surface area contributed by atoms with Crippen molar-refractivity contribution in [3.8, 4) is 0 Å². The summed E-state index contributed by atoms with van der Waals surface area (Å²) in [5.74, 6) is 0.765. The lowest BCUT2D eigenvalue weighted by molar-refractivity contribution is 0.740. The standard InChI is InChI=1S/C13H14ClN3O/c1-2-15-12-7-6-10(14)11(16-12)9-17-8-4-3-5-13(17)18/h3-8H,2,9H2,1H3,(H,15,16). The van der Waals surface area contributed by atoms with E-state index in [2.05, 4.69) is 10.3 Å². The number of hydrogen-bond acceptors (Lipinski definition) is 3. The van der Waals surface area contributed by atoms with E-state index in [0.29, 0.717) is 17.3 Å². The Hall–Kier alpha value is -1.81. The summed E-state index contributed by atoms with van der Waals surface area (Å²) in [7, 11) is 0. The summed E-state index contributed by atoms with van der Waals surface area (Å²) < 4.78 is 1.57. The minimum absolute atomic E-state index is 0.0655. The normalized spacial score (nSPS) is 10.3. The second-order valence-corrected chi connectivity index (χ2v) is 4.23. The third-order valence-electron chi connectivity index (χ3n) is 2.50. The van der Waals surface area contributed by atoms with Gasteiger partial charge in [0.2, 0.25) is 0 Å². The van der Waals surface area contributed by atoms with E-state index in [-0.39, 0.29) is 5.56 Å². The van der Waals surface area contributed by atoms with Crippen LogP contribution in [0, 0.1) is 0 Å². The SMILES string of the molecule is CCNc1ccc(Cl)c(Cn2ccccc2=O)n1. The average molecular weight is 264 g/mol. The van der Waals surface area contributed by atoms with Crippen LogP contribution in [0.2, 0.25) is 5.02 Å². The molecule has 0 amide bonds. The number of anilines is 1. The number of halogens is 1. The Labute approximate surface area is 110 Å². The van der Waals surface area contributed by atoms with Gasteiger partial charge in [-0.3, -0.25) is 4.79 Å². The number of pyridine rings is 2. The first-order chi connectivity index (χ1) is 8.70. The summed E-state index contributed by atoms with van der Waals surface area (Å²) in [6, 6.07) is 8.65. The highest BCUT2D eigenvalue weighted by Gasteiger charge is 2.05. The van der Waals surface area contributed by atoms with Gasteiger partial charge >= 0.3 is 0 Å². The number of aromatic nitrogens is 2. The first-order valence-corrected chi connectivity index (χ1v) is 6.13. The maximum Gasteiger partial charge on any atom is 0.250 e. The van der Waals surface area contributed by atoms with E-state index >= 15 is 0 Å². The fourth-order valence-electron chi connectivity index (χ4n) is 1.63. The molecule has 2 aromatic rings. The van der Waals surface area contributed by atoms with Crippen molar-refractivity contribution in [2.45, 2.75) is 13.5 Å². The zero-order valence-corrected chi connectivity index (χ0v) is 10.8. The van der Waals surface area contributed by atoms with E-state index in [0.717, 1.165) is 12.4 Å². The van der Waals surface area contributed by atoms with E-state index in [4.69, 9.17) is 11.6 Å². The molecule has 0 saturated heterocycles. The smallest absolute Gasteiger partial charge is 0.250 e. The Kier molecular flexibility index (Phi) is 3.99. The lowest BCUT2D eigenvalue weighted by Crippen LogP contribution is -2.19. The van der Waals surface area contributed by atoms with Crippen LogP contribution in [0.3, 0.4) is 0 Å². The quantitative estimate of drug-likeness (QED) is 0.921. The van der Waals surface area contributed by atoms with Crippen LogP contribution in [0.5, 0.6) is 0 Å². The molecular weight excluding hydrogens is 250 g/mol. The molecule has 5 heteroatoms. The number of hydrogen-bond donors (Lipinski definition) is 1. The second-order valence-electron chi connectivity index (χ2n) is 3.82. The van der Waals surface area contributed by atoms with Crippen LogP contribution in [-0.2, 0) is 6.54 Å². The fraction of sp³-hybridized carbons (Fsp3) is 0.231. The van der Waals surface area contributed by atoms with E-state index < -0.39 is 0 Å². The summed E-state index contributed by atoms with van der Waals surface area (Å²) in [6.45, 7) is 3.16. The molecular formula is C13H14ClN3O. The molecule has 2 rings (SSSR count). The molecule has 94 valence electrons. The van der Waals surface area contributed by atoms with Gasteiger partial charge in [-0.15, -0.1) is 0 Å². The van der Waals surface area contributed by atoms with Crippen molar-refractivity contribution < 1.29 is 0 Å². The molecule has 0 aliphatic heterocycles. The first kappa shape index (κ1) is 12.6. The molecule has 4 nitrogen and oxygen atoms in total. The minimum Gasteiger partial charge on any atom is -0.370 e. The number of rotatable bonds is 4. The summed E-state index contributed by atoms with van der Waals surface area (Å²) in [5.41, 5.74) is 0.618. The van der Waals surface area contributed by atoms with E-state index in [1.165, 1.54) is 6.07 Å². The minimum atomic E-state index is -0.0655. The van der Waals surface area contributed by atoms with E-state index in [9.17, 15) is 4.79 Å².